The summed E-state index contributed by atoms with van der Waals surface area (Å²) in [5.41, 5.74) is 0. The van der Waals surface area contributed by atoms with Gasteiger partial charge in [0.05, 0.1) is 0 Å². The largest absolute Gasteiger partial charge is 0.479 e. The van der Waals surface area contributed by atoms with E-state index in [-0.39, 0.29) is 0 Å². The van der Waals surface area contributed by atoms with Crippen molar-refractivity contribution in [2.75, 3.05) is 0 Å². The average Bonchev–Trinajstić information content (AvgIpc) is 2.34. The van der Waals surface area contributed by atoms with E-state index in [1.165, 1.54) is 0 Å². The number of rotatable bonds is 4. The van der Waals surface area contributed by atoms with Gasteiger partial charge in [0.15, 0.2) is 24.6 Å². The first-order valence-corrected chi connectivity index (χ1v) is 6.31. The van der Waals surface area contributed by atoms with Crippen molar-refractivity contribution >= 4 is 23.8 Å². The van der Waals surface area contributed by atoms with Gasteiger partial charge in [0.1, 0.15) is 6.04 Å². The Balaban J connectivity index is 3.18. The number of carbonyl (C=O) groups is 4. The van der Waals surface area contributed by atoms with Crippen molar-refractivity contribution in [2.45, 2.75) is 51.4 Å². The maximum atomic E-state index is 11.2. The molecule has 0 radical (unpaired) electrons. The molecule has 0 aromatic carbocycles. The Hall–Kier alpha value is -2.20. The number of hydrogen-bond acceptors (Lipinski definition) is 8. The predicted octanol–water partition coefficient (Wildman–Crippen LogP) is -1.84. The lowest BCUT2D eigenvalue weighted by molar-refractivity contribution is -0.258. The van der Waals surface area contributed by atoms with Crippen LogP contribution in [-0.4, -0.2) is 64.7 Å². The van der Waals surface area contributed by atoms with Crippen molar-refractivity contribution in [3.8, 4) is 0 Å². The summed E-state index contributed by atoms with van der Waals surface area (Å²) < 4.78 is 14.6. The zero-order chi connectivity index (χ0) is 17.0. The molecule has 1 fully saturated rings. The zero-order valence-corrected chi connectivity index (χ0v) is 12.1. The Kier molecular flexibility index (Phi) is 5.83. The highest BCUT2D eigenvalue weighted by atomic mass is 16.7. The van der Waals surface area contributed by atoms with Crippen LogP contribution in [-0.2, 0) is 33.4 Å². The van der Waals surface area contributed by atoms with E-state index >= 15 is 0 Å². The molecular formula is C12H17NO9. The molecule has 3 N–H and O–H groups in total. The second-order valence-electron chi connectivity index (χ2n) is 4.66. The minimum absolute atomic E-state index is 0.583. The van der Waals surface area contributed by atoms with E-state index in [1.54, 1.807) is 0 Å². The molecule has 1 saturated heterocycles. The summed E-state index contributed by atoms with van der Waals surface area (Å²) in [6, 6.07) is -1.29. The summed E-state index contributed by atoms with van der Waals surface area (Å²) in [6.45, 7) is 3.22. The normalized spacial score (nSPS) is 31.0. The molecule has 0 unspecified atom stereocenters. The lowest BCUT2D eigenvalue weighted by Crippen LogP contribution is -2.66. The molecule has 0 spiro atoms. The molecule has 0 bridgehead atoms. The number of hydrogen-bond donors (Lipinski definition) is 3. The SMILES string of the molecule is CC(=O)N[C@@H]1[C@H](OC(C)=O)[C@H](OC(C)=O)[C@H](C(=O)O)O[C@@H]1O. The van der Waals surface area contributed by atoms with Crippen LogP contribution in [0.4, 0.5) is 0 Å². The highest BCUT2D eigenvalue weighted by Gasteiger charge is 2.52. The van der Waals surface area contributed by atoms with Gasteiger partial charge in [0, 0.05) is 20.8 Å². The lowest BCUT2D eigenvalue weighted by Gasteiger charge is -2.42. The van der Waals surface area contributed by atoms with Crippen LogP contribution < -0.4 is 5.32 Å². The van der Waals surface area contributed by atoms with Crippen molar-refractivity contribution < 1.29 is 43.6 Å². The molecule has 0 aromatic heterocycles. The lowest BCUT2D eigenvalue weighted by atomic mass is 9.96. The van der Waals surface area contributed by atoms with E-state index in [2.05, 4.69) is 5.32 Å². The average molecular weight is 319 g/mol. The fourth-order valence-corrected chi connectivity index (χ4v) is 2.09. The van der Waals surface area contributed by atoms with Gasteiger partial charge in [0.25, 0.3) is 0 Å². The maximum Gasteiger partial charge on any atom is 0.337 e. The van der Waals surface area contributed by atoms with Gasteiger partial charge in [-0.15, -0.1) is 0 Å². The van der Waals surface area contributed by atoms with E-state index in [4.69, 9.17) is 19.3 Å². The van der Waals surface area contributed by atoms with Gasteiger partial charge in [-0.2, -0.15) is 0 Å². The summed E-state index contributed by atoms with van der Waals surface area (Å²) in [5.74, 6) is -3.76. The molecule has 0 saturated carbocycles. The van der Waals surface area contributed by atoms with E-state index in [9.17, 15) is 24.3 Å². The number of ether oxygens (including phenoxy) is 3. The molecule has 0 aliphatic carbocycles. The van der Waals surface area contributed by atoms with Crippen LogP contribution in [0.2, 0.25) is 0 Å². The first kappa shape index (κ1) is 17.9. The number of aliphatic carboxylic acids is 1. The van der Waals surface area contributed by atoms with Crippen LogP contribution in [0.1, 0.15) is 20.8 Å². The Labute approximate surface area is 125 Å². The molecule has 5 atom stereocenters. The summed E-state index contributed by atoms with van der Waals surface area (Å²) in [7, 11) is 0. The molecule has 124 valence electrons. The number of carbonyl (C=O) groups excluding carboxylic acids is 3. The fraction of sp³-hybridized carbons (Fsp3) is 0.667. The number of esters is 2. The van der Waals surface area contributed by atoms with Crippen LogP contribution in [0.3, 0.4) is 0 Å². The summed E-state index contributed by atoms with van der Waals surface area (Å²) >= 11 is 0. The van der Waals surface area contributed by atoms with Crippen LogP contribution in [0.5, 0.6) is 0 Å². The van der Waals surface area contributed by atoms with Crippen molar-refractivity contribution in [1.29, 1.82) is 0 Å². The van der Waals surface area contributed by atoms with E-state index in [1.807, 2.05) is 0 Å². The highest BCUT2D eigenvalue weighted by Crippen LogP contribution is 2.25. The van der Waals surface area contributed by atoms with E-state index < -0.39 is 54.5 Å². The third kappa shape index (κ3) is 4.40. The van der Waals surface area contributed by atoms with Crippen LogP contribution in [0, 0.1) is 0 Å². The first-order chi connectivity index (χ1) is 10.1. The fourth-order valence-electron chi connectivity index (χ4n) is 2.09. The van der Waals surface area contributed by atoms with E-state index in [0.717, 1.165) is 20.8 Å². The van der Waals surface area contributed by atoms with Gasteiger partial charge in [-0.3, -0.25) is 14.4 Å². The van der Waals surface area contributed by atoms with Crippen molar-refractivity contribution in [3.05, 3.63) is 0 Å². The summed E-state index contributed by atoms with van der Waals surface area (Å²) in [6.07, 6.45) is -6.47. The molecule has 1 heterocycles. The molecule has 10 heteroatoms. The van der Waals surface area contributed by atoms with Crippen LogP contribution >= 0.6 is 0 Å². The molecule has 10 nitrogen and oxygen atoms in total. The number of carboxylic acid groups (broad SMARTS) is 1. The van der Waals surface area contributed by atoms with Crippen LogP contribution in [0.25, 0.3) is 0 Å². The molecule has 1 aliphatic rings. The smallest absolute Gasteiger partial charge is 0.337 e. The molecule has 1 aliphatic heterocycles. The third-order valence-electron chi connectivity index (χ3n) is 2.79. The molecule has 22 heavy (non-hydrogen) atoms. The van der Waals surface area contributed by atoms with Gasteiger partial charge < -0.3 is 29.7 Å². The minimum Gasteiger partial charge on any atom is -0.479 e. The highest BCUT2D eigenvalue weighted by molar-refractivity contribution is 5.76. The number of aliphatic hydroxyl groups excluding tert-OH is 1. The van der Waals surface area contributed by atoms with Gasteiger partial charge in [-0.05, 0) is 0 Å². The Morgan fingerprint density at radius 3 is 1.91 bits per heavy atom. The Bertz CT molecular complexity index is 477. The van der Waals surface area contributed by atoms with Gasteiger partial charge >= 0.3 is 17.9 Å². The van der Waals surface area contributed by atoms with Gasteiger partial charge in [-0.1, -0.05) is 0 Å². The number of aliphatic hydroxyl groups is 1. The molecule has 1 rings (SSSR count). The number of amides is 1. The van der Waals surface area contributed by atoms with Crippen molar-refractivity contribution in [2.24, 2.45) is 0 Å². The minimum atomic E-state index is -1.76. The standard InChI is InChI=1S/C12H17NO9/c1-4(14)13-7-8(20-5(2)15)9(21-6(3)16)10(11(17)18)22-12(7)19/h7-10,12,19H,1-3H3,(H,13,14)(H,17,18)/t7-,8+,9+,10-,12+/m1/s1. The van der Waals surface area contributed by atoms with Gasteiger partial charge in [0.2, 0.25) is 5.91 Å². The zero-order valence-electron chi connectivity index (χ0n) is 12.1. The first-order valence-electron chi connectivity index (χ1n) is 6.31. The molecule has 1 amide bonds. The van der Waals surface area contributed by atoms with Crippen molar-refractivity contribution in [1.82, 2.24) is 5.32 Å². The Morgan fingerprint density at radius 1 is 1.00 bits per heavy atom. The summed E-state index contributed by atoms with van der Waals surface area (Å²) in [4.78, 5) is 44.8. The monoisotopic (exact) mass is 319 g/mol. The predicted molar refractivity (Wildman–Crippen MR) is 67.2 cm³/mol. The number of nitrogens with one attached hydrogen (secondary N) is 1. The van der Waals surface area contributed by atoms with Crippen LogP contribution in [0.15, 0.2) is 0 Å². The Morgan fingerprint density at radius 2 is 1.50 bits per heavy atom. The van der Waals surface area contributed by atoms with Crippen molar-refractivity contribution in [3.63, 3.8) is 0 Å². The molecular weight excluding hydrogens is 302 g/mol. The summed E-state index contributed by atoms with van der Waals surface area (Å²) in [5, 5.41) is 21.2. The molecule has 0 aromatic rings. The quantitative estimate of drug-likeness (QED) is 0.508. The van der Waals surface area contributed by atoms with Gasteiger partial charge in [-0.25, -0.2) is 4.79 Å². The number of carboxylic acids is 1. The van der Waals surface area contributed by atoms with E-state index in [0.29, 0.717) is 0 Å². The maximum absolute atomic E-state index is 11.2. The third-order valence-corrected chi connectivity index (χ3v) is 2.79. The second-order valence-corrected chi connectivity index (χ2v) is 4.66. The second kappa shape index (κ2) is 7.18. The topological polar surface area (TPSA) is 148 Å².